The third-order valence-electron chi connectivity index (χ3n) is 3.67. The number of benzene rings is 2. The molecule has 0 aliphatic heterocycles. The second-order valence-corrected chi connectivity index (χ2v) is 5.41. The lowest BCUT2D eigenvalue weighted by atomic mass is 10.1. The summed E-state index contributed by atoms with van der Waals surface area (Å²) in [5, 5.41) is 2.81. The molecule has 1 amide bonds. The van der Waals surface area contributed by atoms with Crippen LogP contribution in [0.4, 0.5) is 5.69 Å². The van der Waals surface area contributed by atoms with Crippen molar-refractivity contribution >= 4 is 11.6 Å². The van der Waals surface area contributed by atoms with Gasteiger partial charge < -0.3 is 15.0 Å². The summed E-state index contributed by atoms with van der Waals surface area (Å²) in [5.41, 5.74) is 2.02. The molecule has 0 saturated carbocycles. The zero-order valence-corrected chi connectivity index (χ0v) is 13.8. The largest absolute Gasteiger partial charge is 0.494 e. The first-order chi connectivity index (χ1) is 12.2. The van der Waals surface area contributed by atoms with Gasteiger partial charge in [0.1, 0.15) is 5.75 Å². The van der Waals surface area contributed by atoms with Crippen molar-refractivity contribution in [1.29, 1.82) is 0 Å². The Hall–Kier alpha value is -3.34. The average Bonchev–Trinajstić information content (AvgIpc) is 2.64. The Morgan fingerprint density at radius 1 is 1.08 bits per heavy atom. The number of anilines is 1. The van der Waals surface area contributed by atoms with Crippen LogP contribution in [0.1, 0.15) is 17.3 Å². The van der Waals surface area contributed by atoms with Crippen LogP contribution in [0.15, 0.2) is 71.7 Å². The van der Waals surface area contributed by atoms with Crippen molar-refractivity contribution in [3.05, 3.63) is 82.8 Å². The van der Waals surface area contributed by atoms with Gasteiger partial charge in [-0.3, -0.25) is 9.59 Å². The SMILES string of the molecule is CCOc1ccc(NC(=O)c2c[nH]c(=O)c(-c3ccccc3)c2)cc1. The van der Waals surface area contributed by atoms with Crippen molar-refractivity contribution in [2.24, 2.45) is 0 Å². The number of aromatic amines is 1. The molecule has 5 nitrogen and oxygen atoms in total. The first-order valence-electron chi connectivity index (χ1n) is 7.99. The van der Waals surface area contributed by atoms with E-state index < -0.39 is 0 Å². The molecule has 0 radical (unpaired) electrons. The Morgan fingerprint density at radius 3 is 2.48 bits per heavy atom. The molecule has 0 atom stereocenters. The van der Waals surface area contributed by atoms with E-state index in [1.54, 1.807) is 30.3 Å². The number of H-pyrrole nitrogens is 1. The van der Waals surface area contributed by atoms with Gasteiger partial charge in [-0.2, -0.15) is 0 Å². The van der Waals surface area contributed by atoms with Crippen LogP contribution in [0, 0.1) is 0 Å². The van der Waals surface area contributed by atoms with Crippen molar-refractivity contribution in [2.75, 3.05) is 11.9 Å². The maximum absolute atomic E-state index is 12.5. The number of amides is 1. The molecule has 0 bridgehead atoms. The lowest BCUT2D eigenvalue weighted by molar-refractivity contribution is 0.102. The van der Waals surface area contributed by atoms with E-state index in [-0.39, 0.29) is 11.5 Å². The van der Waals surface area contributed by atoms with Gasteiger partial charge in [0.05, 0.1) is 12.2 Å². The lowest BCUT2D eigenvalue weighted by Crippen LogP contribution is -2.16. The summed E-state index contributed by atoms with van der Waals surface area (Å²) in [5.74, 6) is 0.452. The molecule has 1 aromatic heterocycles. The average molecular weight is 334 g/mol. The fourth-order valence-electron chi connectivity index (χ4n) is 2.45. The van der Waals surface area contributed by atoms with Gasteiger partial charge in [-0.15, -0.1) is 0 Å². The predicted octanol–water partition coefficient (Wildman–Crippen LogP) is 3.69. The van der Waals surface area contributed by atoms with Gasteiger partial charge in [0.2, 0.25) is 0 Å². The molecule has 0 fully saturated rings. The van der Waals surface area contributed by atoms with Gasteiger partial charge in [-0.05, 0) is 42.8 Å². The first kappa shape index (κ1) is 16.5. The number of aromatic nitrogens is 1. The monoisotopic (exact) mass is 334 g/mol. The highest BCUT2D eigenvalue weighted by atomic mass is 16.5. The van der Waals surface area contributed by atoms with Crippen LogP contribution < -0.4 is 15.6 Å². The standard InChI is InChI=1S/C20H18N2O3/c1-2-25-17-10-8-16(9-11-17)22-19(23)15-12-18(20(24)21-13-15)14-6-4-3-5-7-14/h3-13H,2H2,1H3,(H,21,24)(H,22,23). The topological polar surface area (TPSA) is 71.2 Å². The fraction of sp³-hybridized carbons (Fsp3) is 0.100. The van der Waals surface area contributed by atoms with E-state index in [4.69, 9.17) is 4.74 Å². The molecular formula is C20H18N2O3. The normalized spacial score (nSPS) is 10.3. The summed E-state index contributed by atoms with van der Waals surface area (Å²) < 4.78 is 5.38. The van der Waals surface area contributed by atoms with Crippen molar-refractivity contribution in [1.82, 2.24) is 4.98 Å². The van der Waals surface area contributed by atoms with Gasteiger partial charge in [-0.1, -0.05) is 30.3 Å². The molecular weight excluding hydrogens is 316 g/mol. The summed E-state index contributed by atoms with van der Waals surface area (Å²) in [7, 11) is 0. The molecule has 2 N–H and O–H groups in total. The van der Waals surface area contributed by atoms with Gasteiger partial charge in [0.15, 0.2) is 0 Å². The number of ether oxygens (including phenoxy) is 1. The van der Waals surface area contributed by atoms with E-state index in [9.17, 15) is 9.59 Å². The molecule has 0 saturated heterocycles. The van der Waals surface area contributed by atoms with Gasteiger partial charge in [-0.25, -0.2) is 0 Å². The number of nitrogens with one attached hydrogen (secondary N) is 2. The molecule has 0 aliphatic rings. The summed E-state index contributed by atoms with van der Waals surface area (Å²) in [4.78, 5) is 27.1. The highest BCUT2D eigenvalue weighted by molar-refractivity contribution is 6.04. The summed E-state index contributed by atoms with van der Waals surface area (Å²) >= 11 is 0. The first-order valence-corrected chi connectivity index (χ1v) is 7.99. The molecule has 3 rings (SSSR count). The quantitative estimate of drug-likeness (QED) is 0.747. The van der Waals surface area contributed by atoms with Gasteiger partial charge >= 0.3 is 0 Å². The third kappa shape index (κ3) is 3.95. The predicted molar refractivity (Wildman–Crippen MR) is 98.1 cm³/mol. The molecule has 0 aliphatic carbocycles. The van der Waals surface area contributed by atoms with E-state index in [1.165, 1.54) is 6.20 Å². The number of rotatable bonds is 5. The van der Waals surface area contributed by atoms with E-state index in [0.717, 1.165) is 11.3 Å². The van der Waals surface area contributed by atoms with Crippen molar-refractivity contribution in [3.63, 3.8) is 0 Å². The number of carbonyl (C=O) groups excluding carboxylic acids is 1. The van der Waals surface area contributed by atoms with E-state index in [0.29, 0.717) is 23.4 Å². The van der Waals surface area contributed by atoms with Gasteiger partial charge in [0, 0.05) is 17.4 Å². The van der Waals surface area contributed by atoms with E-state index in [1.807, 2.05) is 37.3 Å². The van der Waals surface area contributed by atoms with Crippen molar-refractivity contribution < 1.29 is 9.53 Å². The molecule has 126 valence electrons. The smallest absolute Gasteiger partial charge is 0.257 e. The van der Waals surface area contributed by atoms with Crippen LogP contribution in [0.3, 0.4) is 0 Å². The van der Waals surface area contributed by atoms with E-state index >= 15 is 0 Å². The number of hydrogen-bond donors (Lipinski definition) is 2. The van der Waals surface area contributed by atoms with Crippen LogP contribution in [-0.4, -0.2) is 17.5 Å². The maximum atomic E-state index is 12.5. The molecule has 2 aromatic carbocycles. The van der Waals surface area contributed by atoms with E-state index in [2.05, 4.69) is 10.3 Å². The minimum Gasteiger partial charge on any atom is -0.494 e. The zero-order valence-electron chi connectivity index (χ0n) is 13.8. The fourth-order valence-corrected chi connectivity index (χ4v) is 2.45. The number of carbonyl (C=O) groups is 1. The van der Waals surface area contributed by atoms with Crippen molar-refractivity contribution in [3.8, 4) is 16.9 Å². The summed E-state index contributed by atoms with van der Waals surface area (Å²) in [6, 6.07) is 18.0. The van der Waals surface area contributed by atoms with Crippen LogP contribution in [-0.2, 0) is 0 Å². The Balaban J connectivity index is 1.82. The second kappa shape index (κ2) is 7.49. The minimum absolute atomic E-state index is 0.233. The van der Waals surface area contributed by atoms with Crippen LogP contribution in [0.25, 0.3) is 11.1 Å². The molecule has 25 heavy (non-hydrogen) atoms. The molecule has 0 spiro atoms. The van der Waals surface area contributed by atoms with Crippen LogP contribution >= 0.6 is 0 Å². The maximum Gasteiger partial charge on any atom is 0.257 e. The molecule has 3 aromatic rings. The Labute approximate surface area is 145 Å². The second-order valence-electron chi connectivity index (χ2n) is 5.41. The Morgan fingerprint density at radius 2 is 1.80 bits per heavy atom. The number of hydrogen-bond acceptors (Lipinski definition) is 3. The minimum atomic E-state index is -0.294. The highest BCUT2D eigenvalue weighted by Gasteiger charge is 2.11. The van der Waals surface area contributed by atoms with Crippen molar-refractivity contribution in [2.45, 2.75) is 6.92 Å². The Bertz CT molecular complexity index is 916. The Kier molecular flexibility index (Phi) is 4.95. The third-order valence-corrected chi connectivity index (χ3v) is 3.67. The van der Waals surface area contributed by atoms with Crippen LogP contribution in [0.5, 0.6) is 5.75 Å². The number of pyridine rings is 1. The van der Waals surface area contributed by atoms with Gasteiger partial charge in [0.25, 0.3) is 11.5 Å². The summed E-state index contributed by atoms with van der Waals surface area (Å²) in [6.07, 6.45) is 1.42. The summed E-state index contributed by atoms with van der Waals surface area (Å²) in [6.45, 7) is 2.50. The highest BCUT2D eigenvalue weighted by Crippen LogP contribution is 2.18. The van der Waals surface area contributed by atoms with Crippen LogP contribution in [0.2, 0.25) is 0 Å². The lowest BCUT2D eigenvalue weighted by Gasteiger charge is -2.08. The molecule has 1 heterocycles. The zero-order chi connectivity index (χ0) is 17.6. The molecule has 5 heteroatoms. The molecule has 0 unspecified atom stereocenters.